The van der Waals surface area contributed by atoms with Crippen molar-refractivity contribution in [3.63, 3.8) is 0 Å². The van der Waals surface area contributed by atoms with Gasteiger partial charge in [-0.25, -0.2) is 4.79 Å². The second-order valence-electron chi connectivity index (χ2n) is 10.7. The number of carboxylic acid groups (broad SMARTS) is 1. The maximum absolute atomic E-state index is 12.7. The van der Waals surface area contributed by atoms with Crippen molar-refractivity contribution in [1.82, 2.24) is 0 Å². The molecule has 3 aromatic carbocycles. The molecule has 1 unspecified atom stereocenters. The van der Waals surface area contributed by atoms with Crippen LogP contribution in [-0.4, -0.2) is 28.4 Å². The first-order chi connectivity index (χ1) is 17.3. The van der Waals surface area contributed by atoms with Gasteiger partial charge >= 0.3 is 5.97 Å². The van der Waals surface area contributed by atoms with E-state index in [0.29, 0.717) is 16.8 Å². The molecule has 0 bridgehead atoms. The molecule has 0 fully saturated rings. The topological polar surface area (TPSA) is 92.8 Å². The monoisotopic (exact) mass is 501 g/mol. The van der Waals surface area contributed by atoms with Crippen LogP contribution in [0.5, 0.6) is 0 Å². The second kappa shape index (κ2) is 10.9. The standard InChI is InChI=1S/C32H39NO4/c1-18-11-13-23(16-20(18)3)26-22(5)27(24-14-12-19(2)21(4)17-24)29(33)25(10-9-15-34)28(26)30(31(35)36)37-32(6,7)8/h9-14,16-17,30,34H,15,33H2,1-8H3,(H,35,36)/b10-9+. The first-order valence-electron chi connectivity index (χ1n) is 12.6. The molecular formula is C32H39NO4. The van der Waals surface area contributed by atoms with Gasteiger partial charge in [-0.05, 0) is 99.9 Å². The average molecular weight is 502 g/mol. The van der Waals surface area contributed by atoms with Gasteiger partial charge in [-0.15, -0.1) is 0 Å². The van der Waals surface area contributed by atoms with Gasteiger partial charge in [0.05, 0.1) is 12.2 Å². The summed E-state index contributed by atoms with van der Waals surface area (Å²) in [5, 5.41) is 20.0. The number of carbonyl (C=O) groups is 1. The minimum absolute atomic E-state index is 0.206. The van der Waals surface area contributed by atoms with E-state index in [-0.39, 0.29) is 6.61 Å². The molecule has 5 nitrogen and oxygen atoms in total. The van der Waals surface area contributed by atoms with E-state index >= 15 is 0 Å². The Kier molecular flexibility index (Phi) is 8.31. The number of nitrogen functional groups attached to an aromatic ring is 1. The fourth-order valence-corrected chi connectivity index (χ4v) is 4.69. The number of benzene rings is 3. The van der Waals surface area contributed by atoms with Gasteiger partial charge in [-0.3, -0.25) is 0 Å². The molecule has 3 aromatic rings. The molecule has 0 aliphatic heterocycles. The van der Waals surface area contributed by atoms with Crippen molar-refractivity contribution in [2.75, 3.05) is 12.3 Å². The van der Waals surface area contributed by atoms with Gasteiger partial charge in [0.15, 0.2) is 6.10 Å². The first kappa shape index (κ1) is 28.2. The van der Waals surface area contributed by atoms with Crippen molar-refractivity contribution in [1.29, 1.82) is 0 Å². The predicted octanol–water partition coefficient (Wildman–Crippen LogP) is 7.09. The highest BCUT2D eigenvalue weighted by atomic mass is 16.5. The van der Waals surface area contributed by atoms with Crippen molar-refractivity contribution >= 4 is 17.7 Å². The highest BCUT2D eigenvalue weighted by Gasteiger charge is 2.34. The molecule has 1 atom stereocenters. The zero-order chi connectivity index (χ0) is 27.7. The van der Waals surface area contributed by atoms with Crippen LogP contribution in [0.15, 0.2) is 42.5 Å². The van der Waals surface area contributed by atoms with E-state index in [1.54, 1.807) is 12.2 Å². The normalized spacial score (nSPS) is 12.8. The van der Waals surface area contributed by atoms with Gasteiger partial charge in [0.2, 0.25) is 0 Å². The quantitative estimate of drug-likeness (QED) is 0.301. The molecule has 0 amide bonds. The molecule has 0 radical (unpaired) electrons. The van der Waals surface area contributed by atoms with Crippen molar-refractivity contribution in [3.8, 4) is 22.3 Å². The number of nitrogens with two attached hydrogens (primary N) is 1. The van der Waals surface area contributed by atoms with E-state index < -0.39 is 17.7 Å². The minimum atomic E-state index is -1.27. The number of aliphatic hydroxyl groups is 1. The van der Waals surface area contributed by atoms with E-state index in [4.69, 9.17) is 10.5 Å². The number of anilines is 1. The van der Waals surface area contributed by atoms with E-state index in [9.17, 15) is 15.0 Å². The van der Waals surface area contributed by atoms with E-state index in [2.05, 4.69) is 39.0 Å². The minimum Gasteiger partial charge on any atom is -0.479 e. The number of aliphatic carboxylic acids is 1. The molecule has 0 aliphatic rings. The van der Waals surface area contributed by atoms with E-state index in [1.807, 2.05) is 52.8 Å². The number of hydrogen-bond acceptors (Lipinski definition) is 4. The van der Waals surface area contributed by atoms with Crippen LogP contribution in [0.1, 0.15) is 65.8 Å². The summed E-state index contributed by atoms with van der Waals surface area (Å²) in [6, 6.07) is 12.4. The van der Waals surface area contributed by atoms with Gasteiger partial charge < -0.3 is 20.7 Å². The summed E-state index contributed by atoms with van der Waals surface area (Å²) in [7, 11) is 0. The van der Waals surface area contributed by atoms with Gasteiger partial charge in [0.1, 0.15) is 0 Å². The molecule has 37 heavy (non-hydrogen) atoms. The van der Waals surface area contributed by atoms with Gasteiger partial charge in [-0.1, -0.05) is 48.6 Å². The Bertz CT molecular complexity index is 1360. The highest BCUT2D eigenvalue weighted by Crippen LogP contribution is 2.46. The molecular weight excluding hydrogens is 462 g/mol. The van der Waals surface area contributed by atoms with Crippen LogP contribution in [0.3, 0.4) is 0 Å². The Hall–Kier alpha value is -3.41. The smallest absolute Gasteiger partial charge is 0.337 e. The van der Waals surface area contributed by atoms with E-state index in [0.717, 1.165) is 44.5 Å². The average Bonchev–Trinajstić information content (AvgIpc) is 2.80. The van der Waals surface area contributed by atoms with Crippen LogP contribution in [0.2, 0.25) is 0 Å². The molecule has 0 saturated heterocycles. The van der Waals surface area contributed by atoms with Crippen molar-refractivity contribution in [2.24, 2.45) is 0 Å². The lowest BCUT2D eigenvalue weighted by Gasteiger charge is -2.30. The number of carboxylic acids is 1. The molecule has 0 heterocycles. The molecule has 3 rings (SSSR count). The molecule has 0 saturated carbocycles. The van der Waals surface area contributed by atoms with Crippen molar-refractivity contribution in [3.05, 3.63) is 81.4 Å². The Morgan fingerprint density at radius 2 is 1.43 bits per heavy atom. The maximum Gasteiger partial charge on any atom is 0.337 e. The van der Waals surface area contributed by atoms with Crippen LogP contribution in [0.4, 0.5) is 5.69 Å². The predicted molar refractivity (Wildman–Crippen MR) is 153 cm³/mol. The largest absolute Gasteiger partial charge is 0.479 e. The third kappa shape index (κ3) is 5.95. The number of hydrogen-bond donors (Lipinski definition) is 3. The molecule has 0 spiro atoms. The fourth-order valence-electron chi connectivity index (χ4n) is 4.69. The van der Waals surface area contributed by atoms with Crippen LogP contribution >= 0.6 is 0 Å². The SMILES string of the molecule is Cc1ccc(-c2c(C)c(-c3ccc(C)c(C)c3)c(C(OC(C)(C)C)C(=O)O)c(/C=C/CO)c2N)cc1C. The molecule has 5 heteroatoms. The molecule has 196 valence electrons. The second-order valence-corrected chi connectivity index (χ2v) is 10.7. The van der Waals surface area contributed by atoms with Crippen molar-refractivity contribution in [2.45, 2.75) is 67.1 Å². The van der Waals surface area contributed by atoms with Crippen LogP contribution in [-0.2, 0) is 9.53 Å². The summed E-state index contributed by atoms with van der Waals surface area (Å²) >= 11 is 0. The summed E-state index contributed by atoms with van der Waals surface area (Å²) in [6.45, 7) is 15.5. The molecule has 4 N–H and O–H groups in total. The third-order valence-electron chi connectivity index (χ3n) is 6.81. The van der Waals surface area contributed by atoms with Crippen molar-refractivity contribution < 1.29 is 19.7 Å². The Labute approximate surface area is 220 Å². The summed E-state index contributed by atoms with van der Waals surface area (Å²) < 4.78 is 6.16. The summed E-state index contributed by atoms with van der Waals surface area (Å²) in [4.78, 5) is 12.7. The molecule has 0 aromatic heterocycles. The number of rotatable bonds is 7. The fraction of sp³-hybridized carbons (Fsp3) is 0.344. The van der Waals surface area contributed by atoms with Gasteiger partial charge in [0, 0.05) is 22.4 Å². The number of ether oxygens (including phenoxy) is 1. The van der Waals surface area contributed by atoms with Gasteiger partial charge in [-0.2, -0.15) is 0 Å². The Morgan fingerprint density at radius 3 is 1.86 bits per heavy atom. The van der Waals surface area contributed by atoms with Crippen LogP contribution < -0.4 is 5.73 Å². The third-order valence-corrected chi connectivity index (χ3v) is 6.81. The lowest BCUT2D eigenvalue weighted by Crippen LogP contribution is -2.28. The number of aryl methyl sites for hydroxylation is 4. The maximum atomic E-state index is 12.7. The highest BCUT2D eigenvalue weighted by molar-refractivity contribution is 5.96. The van der Waals surface area contributed by atoms with E-state index in [1.165, 1.54) is 5.56 Å². The summed E-state index contributed by atoms with van der Waals surface area (Å²) in [5.41, 5.74) is 16.5. The lowest BCUT2D eigenvalue weighted by atomic mass is 9.81. The van der Waals surface area contributed by atoms with Crippen LogP contribution in [0.25, 0.3) is 28.3 Å². The Morgan fingerprint density at radius 1 is 0.919 bits per heavy atom. The summed E-state index contributed by atoms with van der Waals surface area (Å²) in [6.07, 6.45) is 2.01. The lowest BCUT2D eigenvalue weighted by molar-refractivity contribution is -0.160. The van der Waals surface area contributed by atoms with Gasteiger partial charge in [0.25, 0.3) is 0 Å². The summed E-state index contributed by atoms with van der Waals surface area (Å²) in [5.74, 6) is -1.10. The molecule has 0 aliphatic carbocycles. The van der Waals surface area contributed by atoms with Crippen LogP contribution in [0, 0.1) is 34.6 Å². The zero-order valence-corrected chi connectivity index (χ0v) is 23.2. The first-order valence-corrected chi connectivity index (χ1v) is 12.6. The zero-order valence-electron chi connectivity index (χ0n) is 23.2. The Balaban J connectivity index is 2.57. The number of aliphatic hydroxyl groups excluding tert-OH is 1.